The first kappa shape index (κ1) is 12.7. The number of benzene rings is 1. The van der Waals surface area contributed by atoms with E-state index >= 15 is 0 Å². The molecule has 0 bridgehead atoms. The minimum absolute atomic E-state index is 0.189. The first-order valence-electron chi connectivity index (χ1n) is 5.29. The molecule has 1 aromatic carbocycles. The van der Waals surface area contributed by atoms with Crippen LogP contribution in [0, 0.1) is 6.92 Å². The van der Waals surface area contributed by atoms with Crippen LogP contribution in [-0.4, -0.2) is 5.11 Å². The standard InChI is InChI=1S/C13H11F3O2/c1-8-11(5-6-18-8)12(17)9-3-2-4-10(7-9)13(14,15)16/h2-7,12,17H,1H3. The monoisotopic (exact) mass is 256 g/mol. The molecule has 0 fully saturated rings. The zero-order valence-corrected chi connectivity index (χ0v) is 9.53. The fourth-order valence-electron chi connectivity index (χ4n) is 1.74. The summed E-state index contributed by atoms with van der Waals surface area (Å²) < 4.78 is 42.7. The average molecular weight is 256 g/mol. The van der Waals surface area contributed by atoms with Crippen LogP contribution in [0.25, 0.3) is 0 Å². The largest absolute Gasteiger partial charge is 0.469 e. The summed E-state index contributed by atoms with van der Waals surface area (Å²) in [5.74, 6) is 0.486. The maximum atomic E-state index is 12.6. The predicted octanol–water partition coefficient (Wildman–Crippen LogP) is 3.69. The van der Waals surface area contributed by atoms with Crippen molar-refractivity contribution in [2.75, 3.05) is 0 Å². The Morgan fingerprint density at radius 3 is 2.50 bits per heavy atom. The van der Waals surface area contributed by atoms with Gasteiger partial charge in [-0.2, -0.15) is 13.2 Å². The molecule has 0 radical (unpaired) electrons. The van der Waals surface area contributed by atoms with Gasteiger partial charge in [0, 0.05) is 5.56 Å². The Morgan fingerprint density at radius 1 is 1.22 bits per heavy atom. The maximum absolute atomic E-state index is 12.6. The highest BCUT2D eigenvalue weighted by molar-refractivity contribution is 5.34. The molecule has 0 aliphatic rings. The highest BCUT2D eigenvalue weighted by Gasteiger charge is 2.31. The van der Waals surface area contributed by atoms with Crippen LogP contribution in [0.5, 0.6) is 0 Å². The number of rotatable bonds is 2. The molecule has 1 aromatic heterocycles. The van der Waals surface area contributed by atoms with E-state index in [0.717, 1.165) is 12.1 Å². The van der Waals surface area contributed by atoms with Gasteiger partial charge in [-0.15, -0.1) is 0 Å². The van der Waals surface area contributed by atoms with Crippen LogP contribution in [0.2, 0.25) is 0 Å². The smallest absolute Gasteiger partial charge is 0.416 e. The number of hydrogen-bond donors (Lipinski definition) is 1. The second-order valence-electron chi connectivity index (χ2n) is 3.96. The van der Waals surface area contributed by atoms with Crippen LogP contribution in [0.4, 0.5) is 13.2 Å². The zero-order chi connectivity index (χ0) is 13.3. The Bertz CT molecular complexity index is 543. The minimum atomic E-state index is -4.42. The van der Waals surface area contributed by atoms with Crippen molar-refractivity contribution in [3.63, 3.8) is 0 Å². The van der Waals surface area contributed by atoms with Crippen molar-refractivity contribution in [1.82, 2.24) is 0 Å². The highest BCUT2D eigenvalue weighted by Crippen LogP contribution is 2.32. The third kappa shape index (κ3) is 2.41. The number of furan rings is 1. The quantitative estimate of drug-likeness (QED) is 0.889. The van der Waals surface area contributed by atoms with E-state index < -0.39 is 17.8 Å². The SMILES string of the molecule is Cc1occc1C(O)c1cccc(C(F)(F)F)c1. The number of aryl methyl sites for hydroxylation is 1. The summed E-state index contributed by atoms with van der Waals surface area (Å²) in [6.45, 7) is 1.65. The van der Waals surface area contributed by atoms with Gasteiger partial charge in [0.05, 0.1) is 11.8 Å². The molecule has 5 heteroatoms. The molecule has 0 amide bonds. The summed E-state index contributed by atoms with van der Waals surface area (Å²) in [5.41, 5.74) is -0.121. The van der Waals surface area contributed by atoms with Crippen LogP contribution < -0.4 is 0 Å². The van der Waals surface area contributed by atoms with Gasteiger partial charge in [-0.1, -0.05) is 12.1 Å². The zero-order valence-electron chi connectivity index (χ0n) is 9.53. The van der Waals surface area contributed by atoms with Gasteiger partial charge >= 0.3 is 6.18 Å². The Morgan fingerprint density at radius 2 is 1.94 bits per heavy atom. The molecular formula is C13H11F3O2. The number of alkyl halides is 3. The van der Waals surface area contributed by atoms with Gasteiger partial charge in [0.1, 0.15) is 11.9 Å². The van der Waals surface area contributed by atoms with Crippen molar-refractivity contribution in [2.24, 2.45) is 0 Å². The van der Waals surface area contributed by atoms with Crippen molar-refractivity contribution in [3.05, 3.63) is 59.0 Å². The van der Waals surface area contributed by atoms with E-state index in [2.05, 4.69) is 0 Å². The van der Waals surface area contributed by atoms with Gasteiger partial charge in [-0.25, -0.2) is 0 Å². The fraction of sp³-hybridized carbons (Fsp3) is 0.231. The van der Waals surface area contributed by atoms with Gasteiger partial charge in [0.2, 0.25) is 0 Å². The minimum Gasteiger partial charge on any atom is -0.469 e. The Kier molecular flexibility index (Phi) is 3.17. The van der Waals surface area contributed by atoms with Gasteiger partial charge in [-0.05, 0) is 30.7 Å². The molecule has 0 saturated heterocycles. The van der Waals surface area contributed by atoms with Gasteiger partial charge in [0.25, 0.3) is 0 Å². The van der Waals surface area contributed by atoms with Crippen molar-refractivity contribution >= 4 is 0 Å². The van der Waals surface area contributed by atoms with Crippen molar-refractivity contribution in [1.29, 1.82) is 0 Å². The third-order valence-corrected chi connectivity index (χ3v) is 2.72. The van der Waals surface area contributed by atoms with Crippen LogP contribution in [0.1, 0.15) is 28.6 Å². The topological polar surface area (TPSA) is 33.4 Å². The summed E-state index contributed by atoms with van der Waals surface area (Å²) in [6.07, 6.45) is -4.14. The average Bonchev–Trinajstić information content (AvgIpc) is 2.73. The molecule has 96 valence electrons. The number of halogens is 3. The Balaban J connectivity index is 2.38. The molecular weight excluding hydrogens is 245 g/mol. The highest BCUT2D eigenvalue weighted by atomic mass is 19.4. The fourth-order valence-corrected chi connectivity index (χ4v) is 1.74. The predicted molar refractivity (Wildman–Crippen MR) is 59.0 cm³/mol. The number of aliphatic hydroxyl groups excluding tert-OH is 1. The van der Waals surface area contributed by atoms with E-state index in [-0.39, 0.29) is 5.56 Å². The van der Waals surface area contributed by atoms with Gasteiger partial charge in [-0.3, -0.25) is 0 Å². The second kappa shape index (κ2) is 4.49. The molecule has 1 unspecified atom stereocenters. The summed E-state index contributed by atoms with van der Waals surface area (Å²) in [5, 5.41) is 10.0. The van der Waals surface area contributed by atoms with E-state index in [1.807, 2.05) is 0 Å². The lowest BCUT2D eigenvalue weighted by molar-refractivity contribution is -0.137. The van der Waals surface area contributed by atoms with Crippen molar-refractivity contribution < 1.29 is 22.7 Å². The summed E-state index contributed by atoms with van der Waals surface area (Å²) in [4.78, 5) is 0. The van der Waals surface area contributed by atoms with Gasteiger partial charge < -0.3 is 9.52 Å². The molecule has 0 spiro atoms. The van der Waals surface area contributed by atoms with Gasteiger partial charge in [0.15, 0.2) is 0 Å². The molecule has 0 aliphatic carbocycles. The first-order valence-corrected chi connectivity index (χ1v) is 5.29. The first-order chi connectivity index (χ1) is 8.39. The lowest BCUT2D eigenvalue weighted by Crippen LogP contribution is -2.07. The van der Waals surface area contributed by atoms with Crippen molar-refractivity contribution in [2.45, 2.75) is 19.2 Å². The summed E-state index contributed by atoms with van der Waals surface area (Å²) in [7, 11) is 0. The third-order valence-electron chi connectivity index (χ3n) is 2.72. The summed E-state index contributed by atoms with van der Waals surface area (Å²) in [6, 6.07) is 6.18. The normalized spacial score (nSPS) is 13.6. The van der Waals surface area contributed by atoms with Crippen LogP contribution >= 0.6 is 0 Å². The van der Waals surface area contributed by atoms with Crippen LogP contribution in [0.3, 0.4) is 0 Å². The maximum Gasteiger partial charge on any atom is 0.416 e. The number of hydrogen-bond acceptors (Lipinski definition) is 2. The molecule has 1 N–H and O–H groups in total. The van der Waals surface area contributed by atoms with E-state index in [4.69, 9.17) is 4.42 Å². The lowest BCUT2D eigenvalue weighted by atomic mass is 10.00. The van der Waals surface area contributed by atoms with E-state index in [1.165, 1.54) is 18.4 Å². The molecule has 0 saturated carbocycles. The molecule has 2 rings (SSSR count). The molecule has 18 heavy (non-hydrogen) atoms. The molecule has 1 atom stereocenters. The molecule has 0 aliphatic heterocycles. The van der Waals surface area contributed by atoms with Crippen LogP contribution in [-0.2, 0) is 6.18 Å². The van der Waals surface area contributed by atoms with E-state index in [0.29, 0.717) is 11.3 Å². The Hall–Kier alpha value is -1.75. The summed E-state index contributed by atoms with van der Waals surface area (Å²) >= 11 is 0. The molecule has 2 nitrogen and oxygen atoms in total. The van der Waals surface area contributed by atoms with Crippen molar-refractivity contribution in [3.8, 4) is 0 Å². The number of aliphatic hydroxyl groups is 1. The molecule has 2 aromatic rings. The second-order valence-corrected chi connectivity index (χ2v) is 3.96. The Labute approximate surface area is 102 Å². The van der Waals surface area contributed by atoms with E-state index in [1.54, 1.807) is 13.0 Å². The molecule has 1 heterocycles. The van der Waals surface area contributed by atoms with Crippen LogP contribution in [0.15, 0.2) is 41.0 Å². The van der Waals surface area contributed by atoms with E-state index in [9.17, 15) is 18.3 Å². The lowest BCUT2D eigenvalue weighted by Gasteiger charge is -2.13.